The molecule has 0 atom stereocenters. The minimum absolute atomic E-state index is 0.199. The molecule has 150 valence electrons. The van der Waals surface area contributed by atoms with E-state index >= 15 is 0 Å². The summed E-state index contributed by atoms with van der Waals surface area (Å²) < 4.78 is 39.1. The topological polar surface area (TPSA) is 67.9 Å². The highest BCUT2D eigenvalue weighted by atomic mass is 32.2. The van der Waals surface area contributed by atoms with Gasteiger partial charge in [-0.1, -0.05) is 18.2 Å². The maximum atomic E-state index is 12.4. The van der Waals surface area contributed by atoms with Gasteiger partial charge in [-0.25, -0.2) is 12.7 Å². The largest absolute Gasteiger partial charge is 0.492 e. The van der Waals surface area contributed by atoms with Gasteiger partial charge in [-0.05, 0) is 49.6 Å². The summed E-state index contributed by atoms with van der Waals surface area (Å²) >= 11 is 5.33. The molecule has 0 fully saturated rings. The molecule has 0 radical (unpaired) electrons. The summed E-state index contributed by atoms with van der Waals surface area (Å²) in [6.45, 7) is 1.64. The summed E-state index contributed by atoms with van der Waals surface area (Å²) in [5, 5.41) is 0. The number of benzene rings is 2. The quantitative estimate of drug-likeness (QED) is 0.521. The van der Waals surface area contributed by atoms with Gasteiger partial charge in [0.05, 0.1) is 17.1 Å². The monoisotopic (exact) mass is 421 g/mol. The first-order valence-corrected chi connectivity index (χ1v) is 10.6. The van der Waals surface area contributed by atoms with Crippen LogP contribution in [0.1, 0.15) is 0 Å². The van der Waals surface area contributed by atoms with Gasteiger partial charge >= 0.3 is 0 Å². The molecule has 3 rings (SSSR count). The summed E-state index contributed by atoms with van der Waals surface area (Å²) in [6.07, 6.45) is 0. The van der Waals surface area contributed by atoms with Crippen molar-refractivity contribution in [2.45, 2.75) is 11.6 Å². The lowest BCUT2D eigenvalue weighted by Crippen LogP contribution is -2.27. The summed E-state index contributed by atoms with van der Waals surface area (Å²) in [7, 11) is 1.41. The zero-order valence-corrected chi connectivity index (χ0v) is 17.7. The van der Waals surface area contributed by atoms with Crippen LogP contribution in [-0.2, 0) is 16.7 Å². The molecule has 1 heterocycles. The van der Waals surface area contributed by atoms with Crippen molar-refractivity contribution in [3.05, 3.63) is 53.4 Å². The van der Waals surface area contributed by atoms with Gasteiger partial charge in [0.25, 0.3) is 4.84 Å². The van der Waals surface area contributed by atoms with E-state index in [1.54, 1.807) is 16.7 Å². The number of hydrogen-bond donors (Lipinski definition) is 0. The fourth-order valence-corrected chi connectivity index (χ4v) is 3.86. The Labute approximate surface area is 169 Å². The maximum Gasteiger partial charge on any atom is 0.270 e. The van der Waals surface area contributed by atoms with Crippen molar-refractivity contribution >= 4 is 33.3 Å². The molecule has 28 heavy (non-hydrogen) atoms. The van der Waals surface area contributed by atoms with Crippen LogP contribution in [0.5, 0.6) is 5.75 Å². The number of rotatable bonds is 8. The molecule has 0 aliphatic heterocycles. The Morgan fingerprint density at radius 2 is 1.82 bits per heavy atom. The second-order valence-electron chi connectivity index (χ2n) is 6.60. The Bertz CT molecular complexity index is 1110. The first-order chi connectivity index (χ1) is 13.3. The predicted molar refractivity (Wildman–Crippen MR) is 110 cm³/mol. The van der Waals surface area contributed by atoms with Gasteiger partial charge in [0.1, 0.15) is 12.4 Å². The molecule has 0 saturated carbocycles. The molecule has 0 unspecified atom stereocenters. The average Bonchev–Trinajstić information content (AvgIpc) is 2.97. The van der Waals surface area contributed by atoms with Crippen molar-refractivity contribution in [2.75, 3.05) is 34.3 Å². The molecule has 0 saturated heterocycles. The van der Waals surface area contributed by atoms with E-state index in [1.165, 1.54) is 24.5 Å². The average molecular weight is 422 g/mol. The highest BCUT2D eigenvalue weighted by molar-refractivity contribution is 7.89. The van der Waals surface area contributed by atoms with Crippen molar-refractivity contribution < 1.29 is 17.6 Å². The second kappa shape index (κ2) is 8.44. The van der Waals surface area contributed by atoms with Crippen LogP contribution in [0.4, 0.5) is 0 Å². The SMILES string of the molecule is CN(CCOc1ccccc1)Cn1c(=S)oc2ccc(S(=O)(=O)N(C)C)cc21. The van der Waals surface area contributed by atoms with E-state index in [0.717, 1.165) is 5.75 Å². The number of para-hydroxylation sites is 1. The van der Waals surface area contributed by atoms with Crippen molar-refractivity contribution in [2.24, 2.45) is 0 Å². The fourth-order valence-electron chi connectivity index (χ4n) is 2.70. The smallest absolute Gasteiger partial charge is 0.270 e. The van der Waals surface area contributed by atoms with Crippen LogP contribution < -0.4 is 4.74 Å². The summed E-state index contributed by atoms with van der Waals surface area (Å²) in [4.78, 5) is 2.52. The third-order valence-electron chi connectivity index (χ3n) is 4.29. The van der Waals surface area contributed by atoms with Crippen LogP contribution in [0.2, 0.25) is 0 Å². The molecule has 2 aromatic carbocycles. The lowest BCUT2D eigenvalue weighted by Gasteiger charge is -2.18. The maximum absolute atomic E-state index is 12.4. The molecule has 0 N–H and O–H groups in total. The van der Waals surface area contributed by atoms with Crippen molar-refractivity contribution in [3.63, 3.8) is 0 Å². The number of ether oxygens (including phenoxy) is 1. The number of likely N-dealkylation sites (N-methyl/N-ethyl adjacent to an activating group) is 1. The second-order valence-corrected chi connectivity index (χ2v) is 9.10. The van der Waals surface area contributed by atoms with Crippen LogP contribution in [0.25, 0.3) is 11.1 Å². The standard InChI is InChI=1S/C19H23N3O4S2/c1-20(2)28(23,24)16-9-10-18-17(13-16)22(19(27)26-18)14-21(3)11-12-25-15-7-5-4-6-8-15/h4-10,13H,11-12,14H2,1-3H3. The molecular weight excluding hydrogens is 398 g/mol. The Morgan fingerprint density at radius 1 is 1.11 bits per heavy atom. The Kier molecular flexibility index (Phi) is 6.19. The van der Waals surface area contributed by atoms with Gasteiger partial charge < -0.3 is 9.15 Å². The summed E-state index contributed by atoms with van der Waals surface area (Å²) in [6, 6.07) is 14.4. The van der Waals surface area contributed by atoms with E-state index < -0.39 is 10.0 Å². The van der Waals surface area contributed by atoms with E-state index in [9.17, 15) is 8.42 Å². The van der Waals surface area contributed by atoms with E-state index in [0.29, 0.717) is 35.8 Å². The van der Waals surface area contributed by atoms with Gasteiger partial charge in [0, 0.05) is 20.6 Å². The molecule has 1 aromatic heterocycles. The van der Waals surface area contributed by atoms with E-state index in [4.69, 9.17) is 21.4 Å². The number of fused-ring (bicyclic) bond motifs is 1. The zero-order valence-electron chi connectivity index (χ0n) is 16.0. The number of oxazole rings is 1. The first kappa shape index (κ1) is 20.5. The minimum Gasteiger partial charge on any atom is -0.492 e. The molecule has 0 aliphatic rings. The van der Waals surface area contributed by atoms with Gasteiger partial charge in [-0.2, -0.15) is 0 Å². The fraction of sp³-hybridized carbons (Fsp3) is 0.316. The lowest BCUT2D eigenvalue weighted by molar-refractivity contribution is 0.205. The molecule has 0 bridgehead atoms. The summed E-state index contributed by atoms with van der Waals surface area (Å²) in [5.74, 6) is 0.819. The molecule has 3 aromatic rings. The number of aromatic nitrogens is 1. The van der Waals surface area contributed by atoms with Crippen molar-refractivity contribution in [3.8, 4) is 5.75 Å². The highest BCUT2D eigenvalue weighted by Crippen LogP contribution is 2.23. The Balaban J connectivity index is 1.76. The molecule has 0 aliphatic carbocycles. The van der Waals surface area contributed by atoms with Crippen LogP contribution in [0.15, 0.2) is 57.8 Å². The summed E-state index contributed by atoms with van der Waals surface area (Å²) in [5.41, 5.74) is 1.19. The predicted octanol–water partition coefficient (Wildman–Crippen LogP) is 3.18. The normalized spacial score (nSPS) is 12.2. The van der Waals surface area contributed by atoms with Crippen LogP contribution >= 0.6 is 12.2 Å². The molecule has 0 spiro atoms. The minimum atomic E-state index is -3.54. The number of nitrogens with zero attached hydrogens (tertiary/aromatic N) is 3. The van der Waals surface area contributed by atoms with E-state index in [-0.39, 0.29) is 4.90 Å². The van der Waals surface area contributed by atoms with E-state index in [2.05, 4.69) is 0 Å². The first-order valence-electron chi connectivity index (χ1n) is 8.71. The van der Waals surface area contributed by atoms with Gasteiger partial charge in [0.15, 0.2) is 5.58 Å². The van der Waals surface area contributed by atoms with Crippen LogP contribution in [0, 0.1) is 4.84 Å². The number of sulfonamides is 1. The number of hydrogen-bond acceptors (Lipinski definition) is 6. The molecule has 7 nitrogen and oxygen atoms in total. The van der Waals surface area contributed by atoms with Crippen molar-refractivity contribution in [1.29, 1.82) is 0 Å². The van der Waals surface area contributed by atoms with E-state index in [1.807, 2.05) is 42.3 Å². The lowest BCUT2D eigenvalue weighted by atomic mass is 10.3. The molecular formula is C19H23N3O4S2. The van der Waals surface area contributed by atoms with Crippen LogP contribution in [0.3, 0.4) is 0 Å². The van der Waals surface area contributed by atoms with Crippen LogP contribution in [-0.4, -0.2) is 56.5 Å². The zero-order chi connectivity index (χ0) is 20.3. The van der Waals surface area contributed by atoms with Gasteiger partial charge in [-0.15, -0.1) is 0 Å². The molecule has 0 amide bonds. The van der Waals surface area contributed by atoms with Gasteiger partial charge in [0.2, 0.25) is 10.0 Å². The van der Waals surface area contributed by atoms with Crippen molar-refractivity contribution in [1.82, 2.24) is 13.8 Å². The Morgan fingerprint density at radius 3 is 2.50 bits per heavy atom. The van der Waals surface area contributed by atoms with Gasteiger partial charge in [-0.3, -0.25) is 9.47 Å². The third kappa shape index (κ3) is 4.44. The Hall–Kier alpha value is -2.20. The third-order valence-corrected chi connectivity index (χ3v) is 6.40. The highest BCUT2D eigenvalue weighted by Gasteiger charge is 2.19. The molecule has 9 heteroatoms.